The van der Waals surface area contributed by atoms with Crippen molar-refractivity contribution >= 4 is 56.5 Å². The summed E-state index contributed by atoms with van der Waals surface area (Å²) in [5.74, 6) is -0.222. The van der Waals surface area contributed by atoms with Crippen LogP contribution in [0.15, 0.2) is 138 Å². The molecule has 1 atom stereocenters. The van der Waals surface area contributed by atoms with Crippen molar-refractivity contribution in [1.82, 2.24) is 4.98 Å². The molecule has 0 saturated heterocycles. The zero-order chi connectivity index (χ0) is 28.7. The van der Waals surface area contributed by atoms with Gasteiger partial charge in [-0.05, 0) is 52.2 Å². The Bertz CT molecular complexity index is 1820. The van der Waals surface area contributed by atoms with Crippen LogP contribution in [0.1, 0.15) is 16.4 Å². The van der Waals surface area contributed by atoms with Gasteiger partial charge in [-0.2, -0.15) is 0 Å². The Kier molecular flexibility index (Phi) is 8.40. The monoisotopic (exact) mass is 585 g/mol. The molecule has 0 bridgehead atoms. The highest BCUT2D eigenvalue weighted by atomic mass is 32.2. The van der Waals surface area contributed by atoms with Crippen LogP contribution in [0, 0.1) is 0 Å². The van der Waals surface area contributed by atoms with E-state index in [1.165, 1.54) is 28.5 Å². The van der Waals surface area contributed by atoms with Gasteiger partial charge in [0.05, 0.1) is 12.1 Å². The minimum Gasteiger partial charge on any atom is -0.326 e. The molecule has 0 radical (unpaired) electrons. The van der Waals surface area contributed by atoms with Crippen LogP contribution in [0.25, 0.3) is 22.0 Å². The Morgan fingerprint density at radius 2 is 1.43 bits per heavy atom. The largest absolute Gasteiger partial charge is 0.326 e. The molecule has 0 fully saturated rings. The standard InChI is InChI=1S/C35H27N3O2S2/c39-32(21-24-9-3-1-4-10-24)36-29-17-19-30(20-18-29)42-33(26-12-5-2-6-13-26)34(40)38-35-37-31(23-41-35)28-16-15-25-11-7-8-14-27(25)22-28/h1-20,22-23,33H,21H2,(H,36,39)(H,37,38,40). The Balaban J connectivity index is 1.14. The van der Waals surface area contributed by atoms with Gasteiger partial charge >= 0.3 is 0 Å². The summed E-state index contributed by atoms with van der Waals surface area (Å²) in [5.41, 5.74) is 4.41. The van der Waals surface area contributed by atoms with E-state index in [1.54, 1.807) is 0 Å². The van der Waals surface area contributed by atoms with Crippen molar-refractivity contribution in [3.05, 3.63) is 144 Å². The maximum atomic E-state index is 13.6. The Morgan fingerprint density at radius 3 is 2.19 bits per heavy atom. The van der Waals surface area contributed by atoms with Gasteiger partial charge in [0.1, 0.15) is 5.25 Å². The van der Waals surface area contributed by atoms with Gasteiger partial charge in [0.15, 0.2) is 5.13 Å². The molecule has 6 aromatic rings. The third-order valence-corrected chi connectivity index (χ3v) is 8.74. The molecule has 1 unspecified atom stereocenters. The quantitative estimate of drug-likeness (QED) is 0.167. The molecule has 0 aliphatic heterocycles. The van der Waals surface area contributed by atoms with Crippen LogP contribution in [-0.4, -0.2) is 16.8 Å². The fraction of sp³-hybridized carbons (Fsp3) is 0.0571. The van der Waals surface area contributed by atoms with E-state index in [-0.39, 0.29) is 11.8 Å². The van der Waals surface area contributed by atoms with Crippen LogP contribution in [0.3, 0.4) is 0 Å². The number of aromatic nitrogens is 1. The summed E-state index contributed by atoms with van der Waals surface area (Å²) in [6.45, 7) is 0. The highest BCUT2D eigenvalue weighted by molar-refractivity contribution is 8.00. The molecule has 0 spiro atoms. The van der Waals surface area contributed by atoms with Gasteiger partial charge in [-0.25, -0.2) is 4.98 Å². The van der Waals surface area contributed by atoms with E-state index in [0.29, 0.717) is 17.2 Å². The average molecular weight is 586 g/mol. The molecular weight excluding hydrogens is 559 g/mol. The summed E-state index contributed by atoms with van der Waals surface area (Å²) in [5, 5.41) is 10.3. The van der Waals surface area contributed by atoms with Crippen molar-refractivity contribution in [3.8, 4) is 11.3 Å². The van der Waals surface area contributed by atoms with Crippen molar-refractivity contribution in [1.29, 1.82) is 0 Å². The minimum absolute atomic E-state index is 0.0744. The van der Waals surface area contributed by atoms with Crippen LogP contribution in [0.2, 0.25) is 0 Å². The molecule has 0 aliphatic carbocycles. The SMILES string of the molecule is O=C(Cc1ccccc1)Nc1ccc(SC(C(=O)Nc2nc(-c3ccc4ccccc4c3)cs2)c2ccccc2)cc1. The zero-order valence-electron chi connectivity index (χ0n) is 22.6. The summed E-state index contributed by atoms with van der Waals surface area (Å²) >= 11 is 2.87. The summed E-state index contributed by atoms with van der Waals surface area (Å²) in [4.78, 5) is 31.7. The number of amides is 2. The fourth-order valence-corrected chi connectivity index (χ4v) is 6.37. The molecule has 206 valence electrons. The first kappa shape index (κ1) is 27.4. The second-order valence-corrected chi connectivity index (χ2v) is 11.8. The van der Waals surface area contributed by atoms with Gasteiger partial charge in [-0.15, -0.1) is 23.1 Å². The van der Waals surface area contributed by atoms with Gasteiger partial charge in [0, 0.05) is 21.5 Å². The van der Waals surface area contributed by atoms with E-state index in [9.17, 15) is 9.59 Å². The number of anilines is 2. The number of rotatable bonds is 9. The van der Waals surface area contributed by atoms with E-state index in [4.69, 9.17) is 4.98 Å². The molecule has 1 heterocycles. The Labute approximate surface area is 252 Å². The normalized spacial score (nSPS) is 11.6. The lowest BCUT2D eigenvalue weighted by atomic mass is 10.1. The third kappa shape index (κ3) is 6.77. The number of hydrogen-bond acceptors (Lipinski definition) is 5. The number of carbonyl (C=O) groups is 2. The molecule has 42 heavy (non-hydrogen) atoms. The fourth-order valence-electron chi connectivity index (χ4n) is 4.62. The van der Waals surface area contributed by atoms with Crippen molar-refractivity contribution in [2.45, 2.75) is 16.6 Å². The lowest BCUT2D eigenvalue weighted by molar-refractivity contribution is -0.116. The maximum absolute atomic E-state index is 13.6. The van der Waals surface area contributed by atoms with Crippen LogP contribution in [0.4, 0.5) is 10.8 Å². The summed E-state index contributed by atoms with van der Waals surface area (Å²) in [6.07, 6.45) is 0.312. The molecule has 7 heteroatoms. The topological polar surface area (TPSA) is 71.1 Å². The summed E-state index contributed by atoms with van der Waals surface area (Å²) in [7, 11) is 0. The van der Waals surface area contributed by atoms with E-state index in [1.807, 2.05) is 102 Å². The van der Waals surface area contributed by atoms with Gasteiger partial charge in [0.25, 0.3) is 0 Å². The number of hydrogen-bond donors (Lipinski definition) is 2. The minimum atomic E-state index is -0.488. The number of benzene rings is 5. The van der Waals surface area contributed by atoms with Gasteiger partial charge < -0.3 is 10.6 Å². The first-order valence-electron chi connectivity index (χ1n) is 13.5. The van der Waals surface area contributed by atoms with Gasteiger partial charge in [0.2, 0.25) is 11.8 Å². The predicted molar refractivity (Wildman–Crippen MR) is 174 cm³/mol. The lowest BCUT2D eigenvalue weighted by Gasteiger charge is -2.16. The van der Waals surface area contributed by atoms with E-state index in [2.05, 4.69) is 41.0 Å². The Morgan fingerprint density at radius 1 is 0.738 bits per heavy atom. The van der Waals surface area contributed by atoms with Crippen LogP contribution >= 0.6 is 23.1 Å². The van der Waals surface area contributed by atoms with E-state index < -0.39 is 5.25 Å². The lowest BCUT2D eigenvalue weighted by Crippen LogP contribution is -2.19. The van der Waals surface area contributed by atoms with Crippen molar-refractivity contribution < 1.29 is 9.59 Å². The molecule has 0 saturated carbocycles. The summed E-state index contributed by atoms with van der Waals surface area (Å²) in [6, 6.07) is 41.4. The first-order chi connectivity index (χ1) is 20.6. The molecule has 2 amide bonds. The second-order valence-electron chi connectivity index (χ2n) is 9.73. The van der Waals surface area contributed by atoms with Gasteiger partial charge in [-0.3, -0.25) is 9.59 Å². The number of fused-ring (bicyclic) bond motifs is 1. The third-order valence-electron chi connectivity index (χ3n) is 6.72. The smallest absolute Gasteiger partial charge is 0.244 e. The zero-order valence-corrected chi connectivity index (χ0v) is 24.2. The van der Waals surface area contributed by atoms with Crippen molar-refractivity contribution in [2.75, 3.05) is 10.6 Å². The number of nitrogens with zero attached hydrogens (tertiary/aromatic N) is 1. The highest BCUT2D eigenvalue weighted by Crippen LogP contribution is 2.37. The second kappa shape index (κ2) is 12.9. The molecule has 1 aromatic heterocycles. The van der Waals surface area contributed by atoms with Crippen molar-refractivity contribution in [3.63, 3.8) is 0 Å². The number of thiazole rings is 1. The van der Waals surface area contributed by atoms with Crippen LogP contribution < -0.4 is 10.6 Å². The molecular formula is C35H27N3O2S2. The molecule has 5 aromatic carbocycles. The molecule has 5 nitrogen and oxygen atoms in total. The number of nitrogens with one attached hydrogen (secondary N) is 2. The molecule has 0 aliphatic rings. The van der Waals surface area contributed by atoms with Crippen LogP contribution in [0.5, 0.6) is 0 Å². The van der Waals surface area contributed by atoms with Gasteiger partial charge in [-0.1, -0.05) is 97.1 Å². The highest BCUT2D eigenvalue weighted by Gasteiger charge is 2.23. The molecule has 6 rings (SSSR count). The first-order valence-corrected chi connectivity index (χ1v) is 15.3. The summed E-state index contributed by atoms with van der Waals surface area (Å²) < 4.78 is 0. The van der Waals surface area contributed by atoms with Crippen LogP contribution in [-0.2, 0) is 16.0 Å². The molecule has 2 N–H and O–H groups in total. The predicted octanol–water partition coefficient (Wildman–Crippen LogP) is 8.62. The van der Waals surface area contributed by atoms with E-state index >= 15 is 0 Å². The maximum Gasteiger partial charge on any atom is 0.244 e. The number of thioether (sulfide) groups is 1. The average Bonchev–Trinajstić information content (AvgIpc) is 3.49. The van der Waals surface area contributed by atoms with E-state index in [0.717, 1.165) is 32.7 Å². The number of carbonyl (C=O) groups excluding carboxylic acids is 2. The van der Waals surface area contributed by atoms with Crippen molar-refractivity contribution in [2.24, 2.45) is 0 Å². The Hall–Kier alpha value is -4.72.